The molecule has 2 N–H and O–H groups in total. The highest BCUT2D eigenvalue weighted by Gasteiger charge is 2.04. The van der Waals surface area contributed by atoms with Crippen LogP contribution in [-0.2, 0) is 17.3 Å². The molecule has 1 aromatic heterocycles. The van der Waals surface area contributed by atoms with Gasteiger partial charge in [-0.15, -0.1) is 11.3 Å². The van der Waals surface area contributed by atoms with Crippen LogP contribution < -0.4 is 10.6 Å². The zero-order valence-corrected chi connectivity index (χ0v) is 15.2. The van der Waals surface area contributed by atoms with Gasteiger partial charge in [0.05, 0.1) is 17.3 Å². The SMILES string of the molecule is CCNC(=NCc1sccc1C)NCCS(=O)c1ccccc1. The van der Waals surface area contributed by atoms with Gasteiger partial charge in [0.1, 0.15) is 0 Å². The Hall–Kier alpha value is -1.66. The third-order valence-electron chi connectivity index (χ3n) is 3.28. The first kappa shape index (κ1) is 17.7. The van der Waals surface area contributed by atoms with Crippen LogP contribution in [0.25, 0.3) is 0 Å². The smallest absolute Gasteiger partial charge is 0.191 e. The predicted octanol–water partition coefficient (Wildman–Crippen LogP) is 2.92. The van der Waals surface area contributed by atoms with E-state index in [1.807, 2.05) is 37.3 Å². The zero-order chi connectivity index (χ0) is 16.5. The second-order valence-electron chi connectivity index (χ2n) is 5.01. The summed E-state index contributed by atoms with van der Waals surface area (Å²) in [6.07, 6.45) is 0. The molecule has 0 fully saturated rings. The topological polar surface area (TPSA) is 53.5 Å². The molecular weight excluding hydrogens is 326 g/mol. The van der Waals surface area contributed by atoms with E-state index in [0.29, 0.717) is 18.8 Å². The standard InChI is InChI=1S/C17H23N3OS2/c1-3-18-17(20-13-16-14(2)9-11-22-16)19-10-12-23(21)15-7-5-4-6-8-15/h4-9,11H,3,10,12-13H2,1-2H3,(H2,18,19,20). The van der Waals surface area contributed by atoms with Crippen molar-refractivity contribution in [2.45, 2.75) is 25.3 Å². The quantitative estimate of drug-likeness (QED) is 0.597. The number of nitrogens with zero attached hydrogens (tertiary/aromatic N) is 1. The summed E-state index contributed by atoms with van der Waals surface area (Å²) in [4.78, 5) is 6.73. The lowest BCUT2D eigenvalue weighted by atomic mass is 10.3. The summed E-state index contributed by atoms with van der Waals surface area (Å²) >= 11 is 1.72. The van der Waals surface area contributed by atoms with Gasteiger partial charge in [0.2, 0.25) is 0 Å². The molecule has 0 amide bonds. The summed E-state index contributed by atoms with van der Waals surface area (Å²) < 4.78 is 12.2. The molecule has 4 nitrogen and oxygen atoms in total. The summed E-state index contributed by atoms with van der Waals surface area (Å²) in [5.41, 5.74) is 1.28. The van der Waals surface area contributed by atoms with E-state index in [1.54, 1.807) is 11.3 Å². The highest BCUT2D eigenvalue weighted by molar-refractivity contribution is 7.85. The van der Waals surface area contributed by atoms with E-state index in [1.165, 1.54) is 10.4 Å². The molecule has 2 rings (SSSR count). The number of benzene rings is 1. The van der Waals surface area contributed by atoms with E-state index in [9.17, 15) is 4.21 Å². The lowest BCUT2D eigenvalue weighted by Crippen LogP contribution is -2.39. The van der Waals surface area contributed by atoms with E-state index in [2.05, 4.69) is 34.0 Å². The monoisotopic (exact) mass is 349 g/mol. The Morgan fingerprint density at radius 2 is 2.00 bits per heavy atom. The van der Waals surface area contributed by atoms with Crippen molar-refractivity contribution < 1.29 is 4.21 Å². The van der Waals surface area contributed by atoms with Gasteiger partial charge in [-0.1, -0.05) is 18.2 Å². The van der Waals surface area contributed by atoms with Crippen LogP contribution in [0.5, 0.6) is 0 Å². The van der Waals surface area contributed by atoms with Crippen LogP contribution in [0.4, 0.5) is 0 Å². The Bertz CT molecular complexity index is 653. The van der Waals surface area contributed by atoms with Crippen LogP contribution in [0, 0.1) is 6.92 Å². The number of rotatable bonds is 7. The molecule has 1 atom stereocenters. The second-order valence-corrected chi connectivity index (χ2v) is 7.58. The van der Waals surface area contributed by atoms with E-state index in [0.717, 1.165) is 17.4 Å². The fourth-order valence-corrected chi connectivity index (χ4v) is 3.82. The fourth-order valence-electron chi connectivity index (χ4n) is 2.01. The Morgan fingerprint density at radius 3 is 2.65 bits per heavy atom. The van der Waals surface area contributed by atoms with E-state index in [4.69, 9.17) is 0 Å². The van der Waals surface area contributed by atoms with Gasteiger partial charge >= 0.3 is 0 Å². The third kappa shape index (κ3) is 5.80. The average Bonchev–Trinajstić information content (AvgIpc) is 2.98. The van der Waals surface area contributed by atoms with Gasteiger partial charge in [0, 0.05) is 28.6 Å². The highest BCUT2D eigenvalue weighted by Crippen LogP contribution is 2.16. The maximum Gasteiger partial charge on any atom is 0.191 e. The van der Waals surface area contributed by atoms with Crippen molar-refractivity contribution in [3.63, 3.8) is 0 Å². The van der Waals surface area contributed by atoms with Crippen LogP contribution in [0.15, 0.2) is 51.7 Å². The van der Waals surface area contributed by atoms with Crippen molar-refractivity contribution in [2.24, 2.45) is 4.99 Å². The lowest BCUT2D eigenvalue weighted by molar-refractivity contribution is 0.681. The van der Waals surface area contributed by atoms with Crippen molar-refractivity contribution in [2.75, 3.05) is 18.8 Å². The Kier molecular flexibility index (Phi) is 7.29. The molecule has 23 heavy (non-hydrogen) atoms. The van der Waals surface area contributed by atoms with Gasteiger partial charge in [0.15, 0.2) is 5.96 Å². The minimum absolute atomic E-state index is 0.562. The predicted molar refractivity (Wildman–Crippen MR) is 99.6 cm³/mol. The molecular formula is C17H23N3OS2. The minimum Gasteiger partial charge on any atom is -0.357 e. The van der Waals surface area contributed by atoms with Gasteiger partial charge in [-0.3, -0.25) is 4.21 Å². The van der Waals surface area contributed by atoms with Crippen molar-refractivity contribution in [1.82, 2.24) is 10.6 Å². The van der Waals surface area contributed by atoms with Crippen LogP contribution in [0.3, 0.4) is 0 Å². The molecule has 0 spiro atoms. The number of hydrogen-bond donors (Lipinski definition) is 2. The fraction of sp³-hybridized carbons (Fsp3) is 0.353. The summed E-state index contributed by atoms with van der Waals surface area (Å²) in [6, 6.07) is 11.7. The molecule has 1 unspecified atom stereocenters. The Labute approximate surface area is 144 Å². The molecule has 0 aliphatic carbocycles. The lowest BCUT2D eigenvalue weighted by Gasteiger charge is -2.11. The largest absolute Gasteiger partial charge is 0.357 e. The second kappa shape index (κ2) is 9.47. The minimum atomic E-state index is -0.984. The van der Waals surface area contributed by atoms with Crippen LogP contribution >= 0.6 is 11.3 Å². The molecule has 2 aromatic rings. The van der Waals surface area contributed by atoms with Crippen LogP contribution in [-0.4, -0.2) is 29.0 Å². The summed E-state index contributed by atoms with van der Waals surface area (Å²) in [7, 11) is -0.984. The normalized spacial score (nSPS) is 12.9. The maximum atomic E-state index is 12.2. The number of hydrogen-bond acceptors (Lipinski definition) is 3. The molecule has 0 saturated heterocycles. The van der Waals surface area contributed by atoms with Crippen molar-refractivity contribution in [3.8, 4) is 0 Å². The maximum absolute atomic E-state index is 12.2. The van der Waals surface area contributed by atoms with E-state index in [-0.39, 0.29) is 0 Å². The summed E-state index contributed by atoms with van der Waals surface area (Å²) in [5, 5.41) is 8.56. The molecule has 0 aliphatic rings. The van der Waals surface area contributed by atoms with E-state index < -0.39 is 10.8 Å². The van der Waals surface area contributed by atoms with Gasteiger partial charge < -0.3 is 10.6 Å². The molecule has 0 aliphatic heterocycles. The number of thiophene rings is 1. The van der Waals surface area contributed by atoms with Gasteiger partial charge in [-0.2, -0.15) is 0 Å². The molecule has 124 valence electrons. The molecule has 6 heteroatoms. The van der Waals surface area contributed by atoms with Gasteiger partial charge in [-0.05, 0) is 43.0 Å². The van der Waals surface area contributed by atoms with E-state index >= 15 is 0 Å². The van der Waals surface area contributed by atoms with Gasteiger partial charge in [0.25, 0.3) is 0 Å². The van der Waals surface area contributed by atoms with Crippen molar-refractivity contribution >= 4 is 28.1 Å². The average molecular weight is 350 g/mol. The van der Waals surface area contributed by atoms with Crippen LogP contribution in [0.1, 0.15) is 17.4 Å². The van der Waals surface area contributed by atoms with Crippen LogP contribution in [0.2, 0.25) is 0 Å². The highest BCUT2D eigenvalue weighted by atomic mass is 32.2. The molecule has 0 saturated carbocycles. The first-order valence-corrected chi connectivity index (χ1v) is 9.89. The van der Waals surface area contributed by atoms with Crippen molar-refractivity contribution in [1.29, 1.82) is 0 Å². The number of aryl methyl sites for hydroxylation is 1. The first-order chi connectivity index (χ1) is 11.2. The zero-order valence-electron chi connectivity index (χ0n) is 13.5. The molecule has 0 bridgehead atoms. The molecule has 1 heterocycles. The first-order valence-electron chi connectivity index (χ1n) is 7.69. The van der Waals surface area contributed by atoms with Crippen molar-refractivity contribution in [3.05, 3.63) is 52.2 Å². The molecule has 0 radical (unpaired) electrons. The number of nitrogens with one attached hydrogen (secondary N) is 2. The third-order valence-corrected chi connectivity index (χ3v) is 5.66. The van der Waals surface area contributed by atoms with Gasteiger partial charge in [-0.25, -0.2) is 4.99 Å². The summed E-state index contributed by atoms with van der Waals surface area (Å²) in [6.45, 7) is 6.23. The number of guanidine groups is 1. The number of aliphatic imine (C=N–C) groups is 1. The molecule has 1 aromatic carbocycles. The summed E-state index contributed by atoms with van der Waals surface area (Å²) in [5.74, 6) is 1.33. The Morgan fingerprint density at radius 1 is 1.22 bits per heavy atom. The Balaban J connectivity index is 1.85.